The molecule has 0 bridgehead atoms. The molecule has 1 aromatic carbocycles. The Morgan fingerprint density at radius 1 is 1.21 bits per heavy atom. The van der Waals surface area contributed by atoms with Gasteiger partial charge < -0.3 is 9.64 Å². The van der Waals surface area contributed by atoms with E-state index in [0.29, 0.717) is 18.8 Å². The standard InChI is InChI=1S/C19H15N3O2/c1-21-16-12-14(6-8-17(16)24-11-9-19(21)23)5-7-15-13-20-18-4-2-3-10-22(15)18/h2-4,6,8,10,12-13H,9,11H2,1H3. The van der Waals surface area contributed by atoms with Crippen molar-refractivity contribution in [2.24, 2.45) is 0 Å². The number of imidazole rings is 1. The number of hydrogen-bond acceptors (Lipinski definition) is 3. The molecule has 2 aromatic heterocycles. The number of fused-ring (bicyclic) bond motifs is 2. The van der Waals surface area contributed by atoms with E-state index in [2.05, 4.69) is 16.8 Å². The Morgan fingerprint density at radius 3 is 3.04 bits per heavy atom. The monoisotopic (exact) mass is 317 g/mol. The molecule has 1 aliphatic heterocycles. The average molecular weight is 317 g/mol. The molecule has 0 fully saturated rings. The van der Waals surface area contributed by atoms with Crippen LogP contribution in [0.3, 0.4) is 0 Å². The summed E-state index contributed by atoms with van der Waals surface area (Å²) in [4.78, 5) is 17.9. The normalized spacial score (nSPS) is 13.7. The summed E-state index contributed by atoms with van der Waals surface area (Å²) in [6.07, 6.45) is 4.07. The number of pyridine rings is 1. The molecule has 0 saturated heterocycles. The molecule has 0 aliphatic carbocycles. The Morgan fingerprint density at radius 2 is 2.12 bits per heavy atom. The van der Waals surface area contributed by atoms with Gasteiger partial charge in [-0.15, -0.1) is 0 Å². The van der Waals surface area contributed by atoms with Gasteiger partial charge in [-0.25, -0.2) is 4.98 Å². The summed E-state index contributed by atoms with van der Waals surface area (Å²) in [6.45, 7) is 0.406. The van der Waals surface area contributed by atoms with Crippen LogP contribution in [0, 0.1) is 11.8 Å². The number of anilines is 1. The first-order valence-electron chi connectivity index (χ1n) is 7.70. The predicted molar refractivity (Wildman–Crippen MR) is 91.1 cm³/mol. The molecule has 118 valence electrons. The lowest BCUT2D eigenvalue weighted by atomic mass is 10.1. The van der Waals surface area contributed by atoms with Gasteiger partial charge in [-0.1, -0.05) is 12.0 Å². The van der Waals surface area contributed by atoms with Crippen LogP contribution in [-0.4, -0.2) is 28.9 Å². The van der Waals surface area contributed by atoms with Crippen LogP contribution in [0.2, 0.25) is 0 Å². The van der Waals surface area contributed by atoms with Crippen LogP contribution in [-0.2, 0) is 4.79 Å². The third kappa shape index (κ3) is 2.48. The maximum absolute atomic E-state index is 12.0. The molecular weight excluding hydrogens is 302 g/mol. The highest BCUT2D eigenvalue weighted by atomic mass is 16.5. The first-order chi connectivity index (χ1) is 11.7. The van der Waals surface area contributed by atoms with E-state index in [1.807, 2.05) is 47.0 Å². The van der Waals surface area contributed by atoms with Crippen molar-refractivity contribution in [1.29, 1.82) is 0 Å². The van der Waals surface area contributed by atoms with Gasteiger partial charge in [-0.2, -0.15) is 0 Å². The quantitative estimate of drug-likeness (QED) is 0.599. The fourth-order valence-electron chi connectivity index (χ4n) is 2.69. The van der Waals surface area contributed by atoms with Gasteiger partial charge in [-0.3, -0.25) is 9.20 Å². The van der Waals surface area contributed by atoms with Crippen molar-refractivity contribution in [3.8, 4) is 17.6 Å². The maximum atomic E-state index is 12.0. The molecule has 0 radical (unpaired) electrons. The fourth-order valence-corrected chi connectivity index (χ4v) is 2.69. The minimum Gasteiger partial charge on any atom is -0.491 e. The lowest BCUT2D eigenvalue weighted by Gasteiger charge is -2.16. The van der Waals surface area contributed by atoms with Crippen LogP contribution in [0.15, 0.2) is 48.8 Å². The van der Waals surface area contributed by atoms with E-state index in [1.54, 1.807) is 18.1 Å². The number of carbonyl (C=O) groups excluding carboxylic acids is 1. The first-order valence-corrected chi connectivity index (χ1v) is 7.70. The topological polar surface area (TPSA) is 46.8 Å². The molecule has 4 rings (SSSR count). The smallest absolute Gasteiger partial charge is 0.230 e. The van der Waals surface area contributed by atoms with Crippen molar-refractivity contribution in [2.75, 3.05) is 18.6 Å². The highest BCUT2D eigenvalue weighted by molar-refractivity contribution is 5.95. The van der Waals surface area contributed by atoms with E-state index in [1.165, 1.54) is 0 Å². The summed E-state index contributed by atoms with van der Waals surface area (Å²) in [7, 11) is 1.76. The minimum absolute atomic E-state index is 0.0423. The Hall–Kier alpha value is -3.26. The summed E-state index contributed by atoms with van der Waals surface area (Å²) in [5.74, 6) is 7.03. The second-order valence-electron chi connectivity index (χ2n) is 5.56. The average Bonchev–Trinajstić information content (AvgIpc) is 2.97. The van der Waals surface area contributed by atoms with Crippen LogP contribution >= 0.6 is 0 Å². The van der Waals surface area contributed by atoms with Crippen molar-refractivity contribution in [3.63, 3.8) is 0 Å². The van der Waals surface area contributed by atoms with E-state index < -0.39 is 0 Å². The number of rotatable bonds is 0. The number of ether oxygens (including phenoxy) is 1. The van der Waals surface area contributed by atoms with Crippen molar-refractivity contribution >= 4 is 17.2 Å². The molecule has 3 heterocycles. The fraction of sp³-hybridized carbons (Fsp3) is 0.158. The summed E-state index contributed by atoms with van der Waals surface area (Å²) in [5, 5.41) is 0. The van der Waals surface area contributed by atoms with E-state index in [9.17, 15) is 4.79 Å². The van der Waals surface area contributed by atoms with Gasteiger partial charge in [0.2, 0.25) is 5.91 Å². The van der Waals surface area contributed by atoms with Crippen LogP contribution in [0.1, 0.15) is 17.7 Å². The number of amides is 1. The molecule has 0 atom stereocenters. The molecule has 5 heteroatoms. The van der Waals surface area contributed by atoms with Crippen LogP contribution in [0.4, 0.5) is 5.69 Å². The van der Waals surface area contributed by atoms with Crippen molar-refractivity contribution in [3.05, 3.63) is 60.0 Å². The summed E-state index contributed by atoms with van der Waals surface area (Å²) >= 11 is 0. The number of aromatic nitrogens is 2. The molecular formula is C19H15N3O2. The van der Waals surface area contributed by atoms with Gasteiger partial charge >= 0.3 is 0 Å². The Kier molecular flexibility index (Phi) is 3.43. The second kappa shape index (κ2) is 5.74. The zero-order valence-electron chi connectivity index (χ0n) is 13.2. The molecule has 0 N–H and O–H groups in total. The highest BCUT2D eigenvalue weighted by Crippen LogP contribution is 2.31. The van der Waals surface area contributed by atoms with Crippen molar-refractivity contribution < 1.29 is 9.53 Å². The number of carbonyl (C=O) groups is 1. The second-order valence-corrected chi connectivity index (χ2v) is 5.56. The molecule has 5 nitrogen and oxygen atoms in total. The van der Waals surface area contributed by atoms with Gasteiger partial charge in [0.15, 0.2) is 0 Å². The Labute approximate surface area is 139 Å². The molecule has 0 unspecified atom stereocenters. The van der Waals surface area contributed by atoms with E-state index in [4.69, 9.17) is 4.74 Å². The van der Waals surface area contributed by atoms with E-state index in [0.717, 1.165) is 22.6 Å². The number of benzene rings is 1. The van der Waals surface area contributed by atoms with Gasteiger partial charge in [0.05, 0.1) is 24.9 Å². The SMILES string of the molecule is CN1C(=O)CCOc2ccc(C#Cc3cnc4ccccn34)cc21. The van der Waals surface area contributed by atoms with E-state index >= 15 is 0 Å². The zero-order chi connectivity index (χ0) is 16.5. The molecule has 0 spiro atoms. The zero-order valence-corrected chi connectivity index (χ0v) is 13.2. The molecule has 1 amide bonds. The molecule has 1 aliphatic rings. The maximum Gasteiger partial charge on any atom is 0.230 e. The van der Waals surface area contributed by atoms with Gasteiger partial charge in [-0.05, 0) is 36.3 Å². The third-order valence-corrected chi connectivity index (χ3v) is 4.02. The van der Waals surface area contributed by atoms with Gasteiger partial charge in [0.1, 0.15) is 17.1 Å². The largest absolute Gasteiger partial charge is 0.491 e. The minimum atomic E-state index is 0.0423. The first kappa shape index (κ1) is 14.3. The Bertz CT molecular complexity index is 995. The van der Waals surface area contributed by atoms with Gasteiger partial charge in [0.25, 0.3) is 0 Å². The Balaban J connectivity index is 1.72. The lowest BCUT2D eigenvalue weighted by Crippen LogP contribution is -2.25. The van der Waals surface area contributed by atoms with Gasteiger partial charge in [0, 0.05) is 18.8 Å². The highest BCUT2D eigenvalue weighted by Gasteiger charge is 2.19. The van der Waals surface area contributed by atoms with Crippen LogP contribution in [0.5, 0.6) is 5.75 Å². The number of hydrogen-bond donors (Lipinski definition) is 0. The third-order valence-electron chi connectivity index (χ3n) is 4.02. The van der Waals surface area contributed by atoms with Crippen molar-refractivity contribution in [2.45, 2.75) is 6.42 Å². The molecule has 24 heavy (non-hydrogen) atoms. The summed E-state index contributed by atoms with van der Waals surface area (Å²) in [6, 6.07) is 11.5. The predicted octanol–water partition coefficient (Wildman–Crippen LogP) is 2.48. The van der Waals surface area contributed by atoms with Crippen molar-refractivity contribution in [1.82, 2.24) is 9.38 Å². The molecule has 0 saturated carbocycles. The van der Waals surface area contributed by atoms with Crippen LogP contribution < -0.4 is 9.64 Å². The lowest BCUT2D eigenvalue weighted by molar-refractivity contribution is -0.118. The number of nitrogens with zero attached hydrogens (tertiary/aromatic N) is 3. The van der Waals surface area contributed by atoms with Crippen LogP contribution in [0.25, 0.3) is 5.65 Å². The summed E-state index contributed by atoms with van der Waals surface area (Å²) in [5.41, 5.74) is 3.26. The molecule has 3 aromatic rings. The summed E-state index contributed by atoms with van der Waals surface area (Å²) < 4.78 is 7.57. The van der Waals surface area contributed by atoms with E-state index in [-0.39, 0.29) is 5.91 Å².